The maximum absolute atomic E-state index is 12.4. The molecule has 3 rings (SSSR count). The molecule has 0 amide bonds. The van der Waals surface area contributed by atoms with Gasteiger partial charge in [0.1, 0.15) is 19.8 Å². The van der Waals surface area contributed by atoms with Gasteiger partial charge < -0.3 is 14.2 Å². The van der Waals surface area contributed by atoms with Crippen LogP contribution < -0.4 is 0 Å². The minimum absolute atomic E-state index is 0.127. The van der Waals surface area contributed by atoms with Gasteiger partial charge in [-0.3, -0.25) is 0 Å². The highest BCUT2D eigenvalue weighted by atomic mass is 16.6. The van der Waals surface area contributed by atoms with Gasteiger partial charge in [0.25, 0.3) is 0 Å². The second kappa shape index (κ2) is 19.3. The zero-order valence-electron chi connectivity index (χ0n) is 30.7. The van der Waals surface area contributed by atoms with Crippen LogP contribution in [0.1, 0.15) is 115 Å². The molecule has 1 aliphatic carbocycles. The van der Waals surface area contributed by atoms with Gasteiger partial charge in [-0.05, 0) is 105 Å². The monoisotopic (exact) mass is 670 g/mol. The Labute approximate surface area is 295 Å². The molecular formula is C43H58O6. The zero-order valence-corrected chi connectivity index (χ0v) is 30.7. The fourth-order valence-corrected chi connectivity index (χ4v) is 6.56. The average molecular weight is 671 g/mol. The van der Waals surface area contributed by atoms with Crippen molar-refractivity contribution >= 4 is 17.9 Å². The smallest absolute Gasteiger partial charge is 0.333 e. The Kier molecular flexibility index (Phi) is 15.6. The molecule has 1 fully saturated rings. The van der Waals surface area contributed by atoms with Crippen LogP contribution in [0.5, 0.6) is 0 Å². The first-order valence-electron chi connectivity index (χ1n) is 18.1. The molecule has 0 radical (unpaired) electrons. The van der Waals surface area contributed by atoms with Crippen molar-refractivity contribution in [1.82, 2.24) is 0 Å². The van der Waals surface area contributed by atoms with Crippen molar-refractivity contribution in [2.24, 2.45) is 11.3 Å². The molecule has 0 N–H and O–H groups in total. The van der Waals surface area contributed by atoms with Gasteiger partial charge in [0, 0.05) is 16.7 Å². The standard InChI is InChI=1S/C43H58O6/c1-9-11-12-13-33-14-16-35(17-15-33)36-18-20-37(21-19-36)39-23-22-38(34(10-2)26-39)24-25-43(27-47-40(44)30(3)4,28-48-41(45)31(5)6)29-49-42(46)32(7)8/h18-23,26,33,35H,3,5,7,9-17,24-25,27-29H2,1-2,4,6,8H3. The highest BCUT2D eigenvalue weighted by Gasteiger charge is 2.36. The molecule has 1 aliphatic rings. The number of carbonyl (C=O) groups is 3. The van der Waals surface area contributed by atoms with E-state index >= 15 is 0 Å². The fraction of sp³-hybridized carbons (Fsp3) is 0.512. The van der Waals surface area contributed by atoms with Crippen LogP contribution in [-0.2, 0) is 41.4 Å². The number of esters is 3. The third kappa shape index (κ3) is 12.2. The summed E-state index contributed by atoms with van der Waals surface area (Å²) in [4.78, 5) is 37.3. The van der Waals surface area contributed by atoms with E-state index in [0.29, 0.717) is 18.8 Å². The minimum Gasteiger partial charge on any atom is -0.461 e. The van der Waals surface area contributed by atoms with Gasteiger partial charge >= 0.3 is 17.9 Å². The maximum atomic E-state index is 12.4. The molecule has 0 heterocycles. The van der Waals surface area contributed by atoms with Crippen LogP contribution in [0.2, 0.25) is 0 Å². The first-order chi connectivity index (χ1) is 23.4. The quantitative estimate of drug-likeness (QED) is 0.0641. The van der Waals surface area contributed by atoms with Crippen molar-refractivity contribution in [2.45, 2.75) is 111 Å². The third-order valence-corrected chi connectivity index (χ3v) is 9.86. The molecule has 0 spiro atoms. The van der Waals surface area contributed by atoms with E-state index in [1.807, 2.05) is 0 Å². The summed E-state index contributed by atoms with van der Waals surface area (Å²) in [5.74, 6) is -0.142. The number of benzene rings is 2. The summed E-state index contributed by atoms with van der Waals surface area (Å²) in [5.41, 5.74) is 5.87. The lowest BCUT2D eigenvalue weighted by atomic mass is 9.77. The molecule has 0 aliphatic heterocycles. The van der Waals surface area contributed by atoms with Crippen LogP contribution in [0.15, 0.2) is 78.9 Å². The Morgan fingerprint density at radius 1 is 0.694 bits per heavy atom. The van der Waals surface area contributed by atoms with Gasteiger partial charge in [-0.15, -0.1) is 0 Å². The summed E-state index contributed by atoms with van der Waals surface area (Å²) in [7, 11) is 0. The molecule has 0 atom stereocenters. The van der Waals surface area contributed by atoms with Crippen LogP contribution >= 0.6 is 0 Å². The summed E-state index contributed by atoms with van der Waals surface area (Å²) in [5, 5.41) is 0. The number of carbonyl (C=O) groups excluding carboxylic acids is 3. The topological polar surface area (TPSA) is 78.9 Å². The number of rotatable bonds is 19. The average Bonchev–Trinajstić information content (AvgIpc) is 3.10. The van der Waals surface area contributed by atoms with Gasteiger partial charge in [0.05, 0.1) is 5.41 Å². The van der Waals surface area contributed by atoms with Gasteiger partial charge in [-0.2, -0.15) is 0 Å². The van der Waals surface area contributed by atoms with E-state index in [1.165, 1.54) is 73.6 Å². The number of aryl methyl sites for hydroxylation is 2. The molecule has 6 nitrogen and oxygen atoms in total. The molecule has 266 valence electrons. The molecule has 1 saturated carbocycles. The minimum atomic E-state index is -1.00. The SMILES string of the molecule is C=C(C)C(=O)OCC(CCc1ccc(-c2ccc(C3CCC(CCCCC)CC3)cc2)cc1CC)(COC(=O)C(=C)C)COC(=O)C(=C)C. The van der Waals surface area contributed by atoms with Gasteiger partial charge in [0.15, 0.2) is 0 Å². The molecule has 6 heteroatoms. The van der Waals surface area contributed by atoms with Crippen LogP contribution in [-0.4, -0.2) is 37.7 Å². The highest BCUT2D eigenvalue weighted by Crippen LogP contribution is 2.38. The van der Waals surface area contributed by atoms with Gasteiger partial charge in [0.2, 0.25) is 0 Å². The van der Waals surface area contributed by atoms with Crippen LogP contribution in [0.4, 0.5) is 0 Å². The molecule has 49 heavy (non-hydrogen) atoms. The second-order valence-electron chi connectivity index (χ2n) is 14.2. The lowest BCUT2D eigenvalue weighted by Gasteiger charge is -2.32. The Hall–Kier alpha value is -3.93. The van der Waals surface area contributed by atoms with Crippen molar-refractivity contribution in [3.8, 4) is 11.1 Å². The Balaban J connectivity index is 1.78. The van der Waals surface area contributed by atoms with E-state index in [-0.39, 0.29) is 36.5 Å². The van der Waals surface area contributed by atoms with E-state index in [2.05, 4.69) is 76.0 Å². The Morgan fingerprint density at radius 3 is 1.67 bits per heavy atom. The molecule has 2 aromatic rings. The number of hydrogen-bond acceptors (Lipinski definition) is 6. The maximum Gasteiger partial charge on any atom is 0.333 e. The molecule has 2 aromatic carbocycles. The summed E-state index contributed by atoms with van der Waals surface area (Å²) < 4.78 is 16.8. The summed E-state index contributed by atoms with van der Waals surface area (Å²) in [6.45, 7) is 19.7. The molecule has 0 unspecified atom stereocenters. The van der Waals surface area contributed by atoms with Gasteiger partial charge in [-0.1, -0.05) is 102 Å². The van der Waals surface area contributed by atoms with E-state index in [1.54, 1.807) is 20.8 Å². The fourth-order valence-electron chi connectivity index (χ4n) is 6.56. The predicted molar refractivity (Wildman–Crippen MR) is 198 cm³/mol. The third-order valence-electron chi connectivity index (χ3n) is 9.86. The van der Waals surface area contributed by atoms with Crippen LogP contribution in [0.25, 0.3) is 11.1 Å². The Bertz CT molecular complexity index is 1380. The number of unbranched alkanes of at least 4 members (excludes halogenated alkanes) is 2. The summed E-state index contributed by atoms with van der Waals surface area (Å²) in [6, 6.07) is 15.7. The molecule has 0 saturated heterocycles. The first-order valence-corrected chi connectivity index (χ1v) is 18.1. The van der Waals surface area contributed by atoms with E-state index in [0.717, 1.165) is 17.9 Å². The normalized spacial score (nSPS) is 16.0. The van der Waals surface area contributed by atoms with Crippen molar-refractivity contribution in [1.29, 1.82) is 0 Å². The second-order valence-corrected chi connectivity index (χ2v) is 14.2. The Morgan fingerprint density at radius 2 is 1.20 bits per heavy atom. The predicted octanol–water partition coefficient (Wildman–Crippen LogP) is 10.0. The van der Waals surface area contributed by atoms with Gasteiger partial charge in [-0.25, -0.2) is 14.4 Å². The van der Waals surface area contributed by atoms with E-state index < -0.39 is 23.3 Å². The van der Waals surface area contributed by atoms with E-state index in [4.69, 9.17) is 14.2 Å². The van der Waals surface area contributed by atoms with E-state index in [9.17, 15) is 14.4 Å². The lowest BCUT2D eigenvalue weighted by molar-refractivity contribution is -0.157. The number of hydrogen-bond donors (Lipinski definition) is 0. The summed E-state index contributed by atoms with van der Waals surface area (Å²) in [6.07, 6.45) is 12.5. The van der Waals surface area contributed by atoms with Crippen molar-refractivity contribution < 1.29 is 28.6 Å². The lowest BCUT2D eigenvalue weighted by Crippen LogP contribution is -2.40. The van der Waals surface area contributed by atoms with Crippen LogP contribution in [0.3, 0.4) is 0 Å². The molecule has 0 aromatic heterocycles. The summed E-state index contributed by atoms with van der Waals surface area (Å²) >= 11 is 0. The van der Waals surface area contributed by atoms with Crippen molar-refractivity contribution in [3.05, 3.63) is 95.6 Å². The van der Waals surface area contributed by atoms with Crippen LogP contribution in [0, 0.1) is 11.3 Å². The first kappa shape index (κ1) is 39.5. The number of ether oxygens (including phenoxy) is 3. The molecular weight excluding hydrogens is 612 g/mol. The van der Waals surface area contributed by atoms with Crippen molar-refractivity contribution in [2.75, 3.05) is 19.8 Å². The highest BCUT2D eigenvalue weighted by molar-refractivity contribution is 5.88. The van der Waals surface area contributed by atoms with Crippen molar-refractivity contribution in [3.63, 3.8) is 0 Å². The largest absolute Gasteiger partial charge is 0.461 e. The zero-order chi connectivity index (χ0) is 36.0. The molecule has 0 bridgehead atoms.